The molecule has 0 saturated heterocycles. The molecule has 0 aromatic carbocycles. The van der Waals surface area contributed by atoms with E-state index in [1.54, 1.807) is 0 Å². The predicted octanol–water partition coefficient (Wildman–Crippen LogP) is 0.908. The minimum Gasteiger partial charge on any atom is -0.400 e. The van der Waals surface area contributed by atoms with Gasteiger partial charge in [0.15, 0.2) is 0 Å². The normalized spacial score (nSPS) is 9.43. The number of hydrogen-bond acceptors (Lipinski definition) is 1. The Bertz CT molecular complexity index is 27.2. The molecule has 6 heteroatoms. The van der Waals surface area contributed by atoms with Crippen molar-refractivity contribution in [1.82, 2.24) is 0 Å². The van der Waals surface area contributed by atoms with Crippen molar-refractivity contribution in [3.63, 3.8) is 0 Å². The number of rotatable bonds is 0. The highest BCUT2D eigenvalue weighted by Gasteiger charge is 2.39. The first-order valence-electron chi connectivity index (χ1n) is 1.20. The van der Waals surface area contributed by atoms with Gasteiger partial charge < -0.3 is 5.11 Å². The van der Waals surface area contributed by atoms with Crippen LogP contribution in [0.4, 0.5) is 16.4 Å². The Morgan fingerprint density at radius 1 is 1.00 bits per heavy atom. The summed E-state index contributed by atoms with van der Waals surface area (Å²) in [5.74, 6) is 0. The minimum absolute atomic E-state index is 1.00. The van der Waals surface area contributed by atoms with E-state index in [0.29, 0.717) is 0 Å². The Morgan fingerprint density at radius 3 is 1.00 bits per heavy atom. The predicted molar refractivity (Wildman–Crippen MR) is 18.3 cm³/mol. The quantitative estimate of drug-likeness (QED) is 0.298. The van der Waals surface area contributed by atoms with E-state index in [-0.39, 0.29) is 0 Å². The molecule has 0 radical (unpaired) electrons. The summed E-state index contributed by atoms with van der Waals surface area (Å²) >= 11 is 0. The molecular formula is CH4F4OSi. The Balaban J connectivity index is 0. The number of aliphatic hydroxyl groups excluding tert-OH is 1. The smallest absolute Gasteiger partial charge is 0.400 e. The fourth-order valence-corrected chi connectivity index (χ4v) is 0. The SMILES string of the molecule is CO.F[Si](F)(F)F. The van der Waals surface area contributed by atoms with Crippen molar-refractivity contribution in [1.29, 1.82) is 0 Å². The molecule has 46 valence electrons. The molecule has 0 aliphatic rings. The maximum Gasteiger partial charge on any atom is 0.844 e. The van der Waals surface area contributed by atoms with Gasteiger partial charge in [0.2, 0.25) is 0 Å². The summed E-state index contributed by atoms with van der Waals surface area (Å²) in [7, 11) is -5.61. The third-order valence-corrected chi connectivity index (χ3v) is 0. The van der Waals surface area contributed by atoms with Crippen molar-refractivity contribution in [3.8, 4) is 0 Å². The highest BCUT2D eigenvalue weighted by Crippen LogP contribution is 2.06. The van der Waals surface area contributed by atoms with Crippen LogP contribution in [0.2, 0.25) is 0 Å². The zero-order valence-corrected chi connectivity index (χ0v) is 4.46. The van der Waals surface area contributed by atoms with Crippen molar-refractivity contribution < 1.29 is 21.5 Å². The second-order valence-corrected chi connectivity index (χ2v) is 1.29. The lowest BCUT2D eigenvalue weighted by Gasteiger charge is -1.75. The first kappa shape index (κ1) is 10.0. The Hall–Kier alpha value is -0.103. The average molecular weight is 136 g/mol. The van der Waals surface area contributed by atoms with Gasteiger partial charge in [0, 0.05) is 7.11 Å². The van der Waals surface area contributed by atoms with E-state index in [9.17, 15) is 16.4 Å². The van der Waals surface area contributed by atoms with Gasteiger partial charge in [-0.3, -0.25) is 0 Å². The van der Waals surface area contributed by atoms with Crippen LogP contribution in [-0.4, -0.2) is 21.6 Å². The van der Waals surface area contributed by atoms with Gasteiger partial charge in [-0.2, -0.15) is 0 Å². The summed E-state index contributed by atoms with van der Waals surface area (Å²) in [4.78, 5) is 0. The molecule has 1 nitrogen and oxygen atoms in total. The topological polar surface area (TPSA) is 20.2 Å². The minimum atomic E-state index is -6.61. The van der Waals surface area contributed by atoms with Crippen LogP contribution in [0.3, 0.4) is 0 Å². The highest BCUT2D eigenvalue weighted by molar-refractivity contribution is 6.50. The summed E-state index contributed by atoms with van der Waals surface area (Å²) in [6, 6.07) is 0. The van der Waals surface area contributed by atoms with Gasteiger partial charge in [-0.05, 0) is 0 Å². The van der Waals surface area contributed by atoms with Crippen LogP contribution >= 0.6 is 0 Å². The first-order valence-corrected chi connectivity index (χ1v) is 2.72. The third kappa shape index (κ3) is 8420. The van der Waals surface area contributed by atoms with E-state index >= 15 is 0 Å². The van der Waals surface area contributed by atoms with Crippen molar-refractivity contribution in [2.75, 3.05) is 7.11 Å². The van der Waals surface area contributed by atoms with E-state index < -0.39 is 9.41 Å². The molecule has 0 aliphatic heterocycles. The number of aliphatic hydroxyl groups is 1. The van der Waals surface area contributed by atoms with Gasteiger partial charge in [0.1, 0.15) is 0 Å². The van der Waals surface area contributed by atoms with Gasteiger partial charge in [0.05, 0.1) is 0 Å². The summed E-state index contributed by atoms with van der Waals surface area (Å²) < 4.78 is 39.3. The van der Waals surface area contributed by atoms with Gasteiger partial charge in [-0.15, -0.1) is 0 Å². The van der Waals surface area contributed by atoms with Crippen LogP contribution in [0.1, 0.15) is 0 Å². The van der Waals surface area contributed by atoms with E-state index in [1.165, 1.54) is 0 Å². The Labute approximate surface area is 39.3 Å². The zero-order valence-electron chi connectivity index (χ0n) is 3.46. The molecular weight excluding hydrogens is 132 g/mol. The molecule has 0 aromatic heterocycles. The maximum absolute atomic E-state index is 9.83. The molecule has 0 aromatic rings. The third-order valence-electron chi connectivity index (χ3n) is 0. The number of hydrogen-bond donors (Lipinski definition) is 1. The molecule has 0 bridgehead atoms. The average Bonchev–Trinajstić information content (AvgIpc) is 1.36. The fraction of sp³-hybridized carbons (Fsp3) is 1.00. The van der Waals surface area contributed by atoms with Gasteiger partial charge >= 0.3 is 9.41 Å². The lowest BCUT2D eigenvalue weighted by atomic mass is 11.8. The van der Waals surface area contributed by atoms with E-state index in [4.69, 9.17) is 5.11 Å². The molecule has 0 unspecified atom stereocenters. The monoisotopic (exact) mass is 136 g/mol. The van der Waals surface area contributed by atoms with Crippen molar-refractivity contribution in [2.24, 2.45) is 0 Å². The van der Waals surface area contributed by atoms with Crippen molar-refractivity contribution >= 4 is 9.41 Å². The van der Waals surface area contributed by atoms with Crippen molar-refractivity contribution in [3.05, 3.63) is 0 Å². The molecule has 0 spiro atoms. The molecule has 1 N–H and O–H groups in total. The maximum atomic E-state index is 9.83. The summed E-state index contributed by atoms with van der Waals surface area (Å²) in [5, 5.41) is 7.00. The molecule has 7 heavy (non-hydrogen) atoms. The van der Waals surface area contributed by atoms with E-state index in [0.717, 1.165) is 7.11 Å². The summed E-state index contributed by atoms with van der Waals surface area (Å²) in [6.07, 6.45) is 0. The zero-order chi connectivity index (χ0) is 6.50. The second-order valence-electron chi connectivity index (χ2n) is 0.429. The molecule has 0 saturated carbocycles. The summed E-state index contributed by atoms with van der Waals surface area (Å²) in [6.45, 7) is 0. The van der Waals surface area contributed by atoms with Crippen LogP contribution in [0.5, 0.6) is 0 Å². The molecule has 0 heterocycles. The van der Waals surface area contributed by atoms with Crippen LogP contribution in [0.15, 0.2) is 0 Å². The first-order chi connectivity index (χ1) is 3.00. The van der Waals surface area contributed by atoms with Crippen LogP contribution in [0, 0.1) is 0 Å². The molecule has 0 aliphatic carbocycles. The van der Waals surface area contributed by atoms with Crippen LogP contribution in [-0.2, 0) is 0 Å². The van der Waals surface area contributed by atoms with Crippen LogP contribution < -0.4 is 0 Å². The van der Waals surface area contributed by atoms with Gasteiger partial charge in [0.25, 0.3) is 0 Å². The lowest BCUT2D eigenvalue weighted by molar-refractivity contribution is 0.368. The molecule has 0 fully saturated rings. The fourth-order valence-electron chi connectivity index (χ4n) is 0. The molecule has 0 atom stereocenters. The van der Waals surface area contributed by atoms with Crippen molar-refractivity contribution in [2.45, 2.75) is 0 Å². The highest BCUT2D eigenvalue weighted by atomic mass is 28.5. The lowest BCUT2D eigenvalue weighted by Crippen LogP contribution is -2.02. The molecule has 0 rings (SSSR count). The Morgan fingerprint density at radius 2 is 1.00 bits per heavy atom. The van der Waals surface area contributed by atoms with Crippen LogP contribution in [0.25, 0.3) is 0 Å². The molecule has 0 amide bonds. The van der Waals surface area contributed by atoms with E-state index in [2.05, 4.69) is 0 Å². The number of halogens is 4. The second kappa shape index (κ2) is 4.07. The van der Waals surface area contributed by atoms with Gasteiger partial charge in [-0.1, -0.05) is 0 Å². The standard InChI is InChI=1S/CH4O.F4Si/c1-2;1-5(2,3)4/h2H,1H3;. The van der Waals surface area contributed by atoms with Gasteiger partial charge in [-0.25, -0.2) is 16.4 Å². The van der Waals surface area contributed by atoms with E-state index in [1.807, 2.05) is 0 Å². The Kier molecular flexibility index (Phi) is 5.81. The summed E-state index contributed by atoms with van der Waals surface area (Å²) in [5.41, 5.74) is 0. The largest absolute Gasteiger partial charge is 0.844 e.